The van der Waals surface area contributed by atoms with Gasteiger partial charge in [-0.2, -0.15) is 13.2 Å². The summed E-state index contributed by atoms with van der Waals surface area (Å²) in [5.74, 6) is 0. The number of sulfone groups is 1. The van der Waals surface area contributed by atoms with Gasteiger partial charge in [0.15, 0.2) is 9.84 Å². The van der Waals surface area contributed by atoms with E-state index in [-0.39, 0.29) is 19.6 Å². The summed E-state index contributed by atoms with van der Waals surface area (Å²) in [6.45, 7) is -0.121. The highest BCUT2D eigenvalue weighted by atomic mass is 32.2. The number of halogens is 3. The second kappa shape index (κ2) is 5.34. The fraction of sp³-hybridized carbons (Fsp3) is 0.500. The van der Waals surface area contributed by atoms with Crippen LogP contribution in [-0.4, -0.2) is 38.1 Å². The molecular formula is C12H13F3O4S. The summed E-state index contributed by atoms with van der Waals surface area (Å²) in [6, 6.07) is 3.95. The Bertz CT molecular complexity index is 583. The average molecular weight is 310 g/mol. The Kier molecular flexibility index (Phi) is 4.08. The molecule has 20 heavy (non-hydrogen) atoms. The van der Waals surface area contributed by atoms with Crippen molar-refractivity contribution in [1.29, 1.82) is 0 Å². The van der Waals surface area contributed by atoms with E-state index in [1.54, 1.807) is 0 Å². The fourth-order valence-electron chi connectivity index (χ4n) is 2.11. The van der Waals surface area contributed by atoms with Gasteiger partial charge >= 0.3 is 6.18 Å². The molecule has 4 nitrogen and oxygen atoms in total. The van der Waals surface area contributed by atoms with E-state index in [9.17, 15) is 26.7 Å². The van der Waals surface area contributed by atoms with E-state index in [0.29, 0.717) is 6.07 Å². The smallest absolute Gasteiger partial charge is 0.392 e. The minimum absolute atomic E-state index is 0.0814. The standard InChI is InChI=1S/C12H13F3O4S/c13-12(14,15)8-3-1-2-4-10(8)20(17,18)11-7-19-6-5-9(11)16/h1-4,9,11,16H,5-7H2. The fourth-order valence-corrected chi connectivity index (χ4v) is 4.02. The van der Waals surface area contributed by atoms with Gasteiger partial charge in [0.1, 0.15) is 5.25 Å². The lowest BCUT2D eigenvalue weighted by molar-refractivity contribution is -0.139. The Morgan fingerprint density at radius 2 is 1.90 bits per heavy atom. The van der Waals surface area contributed by atoms with E-state index in [0.717, 1.165) is 12.1 Å². The van der Waals surface area contributed by atoms with Crippen LogP contribution in [0.15, 0.2) is 29.2 Å². The van der Waals surface area contributed by atoms with Crippen LogP contribution < -0.4 is 0 Å². The third-order valence-electron chi connectivity index (χ3n) is 3.17. The van der Waals surface area contributed by atoms with Crippen molar-refractivity contribution in [3.05, 3.63) is 29.8 Å². The molecule has 1 aliphatic heterocycles. The topological polar surface area (TPSA) is 63.6 Å². The minimum atomic E-state index is -4.77. The molecule has 112 valence electrons. The lowest BCUT2D eigenvalue weighted by atomic mass is 10.1. The Balaban J connectivity index is 2.50. The number of benzene rings is 1. The van der Waals surface area contributed by atoms with Crippen LogP contribution in [0.25, 0.3) is 0 Å². The molecule has 0 spiro atoms. The van der Waals surface area contributed by atoms with Crippen molar-refractivity contribution in [2.75, 3.05) is 13.2 Å². The number of aliphatic hydroxyl groups excluding tert-OH is 1. The van der Waals surface area contributed by atoms with Crippen molar-refractivity contribution >= 4 is 9.84 Å². The average Bonchev–Trinajstić information content (AvgIpc) is 2.38. The number of hydrogen-bond acceptors (Lipinski definition) is 4. The van der Waals surface area contributed by atoms with E-state index in [2.05, 4.69) is 0 Å². The van der Waals surface area contributed by atoms with Gasteiger partial charge in [-0.3, -0.25) is 0 Å². The predicted molar refractivity (Wildman–Crippen MR) is 63.9 cm³/mol. The Labute approximate surface area is 114 Å². The molecule has 8 heteroatoms. The quantitative estimate of drug-likeness (QED) is 0.902. The number of alkyl halides is 3. The first-order chi connectivity index (χ1) is 9.24. The number of rotatable bonds is 2. The molecule has 1 fully saturated rings. The van der Waals surface area contributed by atoms with Crippen LogP contribution >= 0.6 is 0 Å². The van der Waals surface area contributed by atoms with Crippen LogP contribution in [-0.2, 0) is 20.8 Å². The van der Waals surface area contributed by atoms with Gasteiger partial charge in [-0.25, -0.2) is 8.42 Å². The molecule has 2 rings (SSSR count). The molecule has 0 amide bonds. The van der Waals surface area contributed by atoms with Gasteiger partial charge < -0.3 is 9.84 Å². The lowest BCUT2D eigenvalue weighted by Gasteiger charge is -2.28. The lowest BCUT2D eigenvalue weighted by Crippen LogP contribution is -2.43. The molecule has 0 aromatic heterocycles. The summed E-state index contributed by atoms with van der Waals surface area (Å²) in [5, 5.41) is 8.34. The summed E-state index contributed by atoms with van der Waals surface area (Å²) in [6.07, 6.45) is -5.92. The van der Waals surface area contributed by atoms with Crippen LogP contribution in [0.3, 0.4) is 0 Å². The maximum absolute atomic E-state index is 12.9. The molecular weight excluding hydrogens is 297 g/mol. The van der Waals surface area contributed by atoms with Crippen molar-refractivity contribution in [3.63, 3.8) is 0 Å². The van der Waals surface area contributed by atoms with E-state index in [4.69, 9.17) is 4.74 Å². The Morgan fingerprint density at radius 3 is 2.50 bits per heavy atom. The van der Waals surface area contributed by atoms with Gasteiger partial charge in [0.05, 0.1) is 23.2 Å². The first-order valence-corrected chi connectivity index (χ1v) is 7.45. The van der Waals surface area contributed by atoms with E-state index in [1.807, 2.05) is 0 Å². The van der Waals surface area contributed by atoms with Crippen LogP contribution in [0.2, 0.25) is 0 Å². The maximum atomic E-state index is 12.9. The second-order valence-electron chi connectivity index (χ2n) is 4.51. The highest BCUT2D eigenvalue weighted by Gasteiger charge is 2.42. The van der Waals surface area contributed by atoms with Crippen molar-refractivity contribution in [1.82, 2.24) is 0 Å². The molecule has 0 radical (unpaired) electrons. The molecule has 1 saturated heterocycles. The normalized spacial score (nSPS) is 24.6. The van der Waals surface area contributed by atoms with E-state index in [1.165, 1.54) is 6.07 Å². The van der Waals surface area contributed by atoms with E-state index >= 15 is 0 Å². The summed E-state index contributed by atoms with van der Waals surface area (Å²) in [5.41, 5.74) is -1.22. The highest BCUT2D eigenvalue weighted by molar-refractivity contribution is 7.92. The molecule has 2 unspecified atom stereocenters. The zero-order valence-corrected chi connectivity index (χ0v) is 11.1. The monoisotopic (exact) mass is 310 g/mol. The molecule has 1 aromatic rings. The van der Waals surface area contributed by atoms with Crippen LogP contribution in [0.5, 0.6) is 0 Å². The van der Waals surface area contributed by atoms with E-state index < -0.39 is 37.8 Å². The van der Waals surface area contributed by atoms with Crippen molar-refractivity contribution in [2.24, 2.45) is 0 Å². The number of ether oxygens (including phenoxy) is 1. The minimum Gasteiger partial charge on any atom is -0.392 e. The highest BCUT2D eigenvalue weighted by Crippen LogP contribution is 2.36. The van der Waals surface area contributed by atoms with Crippen LogP contribution in [0.1, 0.15) is 12.0 Å². The molecule has 1 heterocycles. The third kappa shape index (κ3) is 2.82. The van der Waals surface area contributed by atoms with Crippen molar-refractivity contribution in [3.8, 4) is 0 Å². The molecule has 1 N–H and O–H groups in total. The summed E-state index contributed by atoms with van der Waals surface area (Å²) >= 11 is 0. The van der Waals surface area contributed by atoms with Crippen molar-refractivity contribution < 1.29 is 31.4 Å². The van der Waals surface area contributed by atoms with Crippen LogP contribution in [0.4, 0.5) is 13.2 Å². The van der Waals surface area contributed by atoms with Gasteiger partial charge in [0, 0.05) is 6.61 Å². The molecule has 0 bridgehead atoms. The molecule has 1 aromatic carbocycles. The first kappa shape index (κ1) is 15.3. The Hall–Kier alpha value is -1.12. The summed E-state index contributed by atoms with van der Waals surface area (Å²) in [7, 11) is -4.32. The molecule has 1 aliphatic rings. The van der Waals surface area contributed by atoms with Gasteiger partial charge in [-0.1, -0.05) is 12.1 Å². The predicted octanol–water partition coefficient (Wildman–Crippen LogP) is 1.63. The maximum Gasteiger partial charge on any atom is 0.417 e. The summed E-state index contributed by atoms with van der Waals surface area (Å²) < 4.78 is 68.3. The summed E-state index contributed by atoms with van der Waals surface area (Å²) in [4.78, 5) is -0.818. The van der Waals surface area contributed by atoms with Gasteiger partial charge in [-0.05, 0) is 18.6 Å². The Morgan fingerprint density at radius 1 is 1.25 bits per heavy atom. The van der Waals surface area contributed by atoms with Crippen LogP contribution in [0, 0.1) is 0 Å². The van der Waals surface area contributed by atoms with Gasteiger partial charge in [0.25, 0.3) is 0 Å². The largest absolute Gasteiger partial charge is 0.417 e. The number of hydrogen-bond donors (Lipinski definition) is 1. The number of aliphatic hydroxyl groups is 1. The zero-order chi connectivity index (χ0) is 15.0. The molecule has 0 aliphatic carbocycles. The van der Waals surface area contributed by atoms with Gasteiger partial charge in [-0.15, -0.1) is 0 Å². The van der Waals surface area contributed by atoms with Gasteiger partial charge in [0.2, 0.25) is 0 Å². The molecule has 0 saturated carbocycles. The van der Waals surface area contributed by atoms with Crippen molar-refractivity contribution in [2.45, 2.75) is 28.8 Å². The SMILES string of the molecule is O=S(=O)(c1ccccc1C(F)(F)F)C1COCCC1O. The zero-order valence-electron chi connectivity index (χ0n) is 10.3. The second-order valence-corrected chi connectivity index (χ2v) is 6.64. The first-order valence-electron chi connectivity index (χ1n) is 5.90. The molecule has 2 atom stereocenters. The third-order valence-corrected chi connectivity index (χ3v) is 5.38.